The number of pyridine rings is 1. The molecule has 0 bridgehead atoms. The summed E-state index contributed by atoms with van der Waals surface area (Å²) in [6, 6.07) is 21.5. The number of ether oxygens (including phenoxy) is 2. The Labute approximate surface area is 261 Å². The zero-order chi connectivity index (χ0) is 31.3. The van der Waals surface area contributed by atoms with Gasteiger partial charge in [-0.15, -0.1) is 0 Å². The van der Waals surface area contributed by atoms with Crippen LogP contribution in [0, 0.1) is 5.92 Å². The Morgan fingerprint density at radius 2 is 1.80 bits per heavy atom. The molecule has 1 aliphatic rings. The smallest absolute Gasteiger partial charge is 0.224 e. The molecule has 3 aromatic rings. The fraction of sp³-hybridized carbons (Fsp3) is 0.457. The monoisotopic (exact) mass is 602 g/mol. The molecule has 0 saturated carbocycles. The van der Waals surface area contributed by atoms with E-state index in [9.17, 15) is 14.7 Å². The van der Waals surface area contributed by atoms with Crippen LogP contribution in [-0.4, -0.2) is 59.6 Å². The number of carbonyl (C=O) groups is 2. The largest absolute Gasteiger partial charge is 0.392 e. The average molecular weight is 603 g/mol. The van der Waals surface area contributed by atoms with Crippen molar-refractivity contribution in [2.24, 2.45) is 5.92 Å². The molecule has 1 saturated heterocycles. The molecule has 2 amide bonds. The summed E-state index contributed by atoms with van der Waals surface area (Å²) in [5.74, 6) is -0.0139. The van der Waals surface area contributed by atoms with Crippen molar-refractivity contribution in [3.05, 3.63) is 95.3 Å². The van der Waals surface area contributed by atoms with Gasteiger partial charge in [0.2, 0.25) is 11.8 Å². The Bertz CT molecular complexity index is 1320. The quantitative estimate of drug-likeness (QED) is 0.206. The molecule has 0 radical (unpaired) electrons. The summed E-state index contributed by atoms with van der Waals surface area (Å²) in [6.45, 7) is 5.85. The van der Waals surface area contributed by atoms with Crippen LogP contribution in [0.15, 0.2) is 72.9 Å². The van der Waals surface area contributed by atoms with Gasteiger partial charge in [-0.1, -0.05) is 55.8 Å². The van der Waals surface area contributed by atoms with Crippen LogP contribution in [0.4, 0.5) is 5.69 Å². The topological polar surface area (TPSA) is 113 Å². The van der Waals surface area contributed by atoms with E-state index in [4.69, 9.17) is 9.47 Å². The number of anilines is 1. The maximum Gasteiger partial charge on any atom is 0.224 e. The Morgan fingerprint density at radius 1 is 0.977 bits per heavy atom. The first-order valence-corrected chi connectivity index (χ1v) is 15.6. The van der Waals surface area contributed by atoms with Gasteiger partial charge in [-0.3, -0.25) is 14.6 Å². The molecule has 1 fully saturated rings. The number of aromatic nitrogens is 1. The van der Waals surface area contributed by atoms with E-state index in [1.54, 1.807) is 0 Å². The highest BCUT2D eigenvalue weighted by Gasteiger charge is 2.38. The number of unbranched alkanes of at least 4 members (excludes halogenated alkanes) is 2. The molecule has 0 unspecified atom stereocenters. The molecule has 9 heteroatoms. The number of nitrogens with one attached hydrogen (secondary N) is 2. The van der Waals surface area contributed by atoms with Gasteiger partial charge < -0.3 is 30.1 Å². The van der Waals surface area contributed by atoms with Gasteiger partial charge in [0.1, 0.15) is 0 Å². The number of amides is 2. The molecule has 4 atom stereocenters. The van der Waals surface area contributed by atoms with Gasteiger partial charge in [0.15, 0.2) is 6.29 Å². The van der Waals surface area contributed by atoms with Crippen molar-refractivity contribution >= 4 is 17.5 Å². The minimum absolute atomic E-state index is 0.00757. The number of hydrogen-bond donors (Lipinski definition) is 3. The molecule has 0 aliphatic carbocycles. The first kappa shape index (κ1) is 33.3. The number of hydrogen-bond acceptors (Lipinski definition) is 7. The summed E-state index contributed by atoms with van der Waals surface area (Å²) in [5.41, 5.74) is 4.48. The van der Waals surface area contributed by atoms with Crippen LogP contribution >= 0.6 is 0 Å². The van der Waals surface area contributed by atoms with Crippen molar-refractivity contribution in [3.63, 3.8) is 0 Å². The summed E-state index contributed by atoms with van der Waals surface area (Å²) in [4.78, 5) is 30.4. The van der Waals surface area contributed by atoms with Crippen LogP contribution in [0.2, 0.25) is 0 Å². The molecular formula is C35H46N4O5. The molecule has 44 heavy (non-hydrogen) atoms. The summed E-state index contributed by atoms with van der Waals surface area (Å²) in [5, 5.41) is 15.3. The number of nitrogens with zero attached hydrogens (tertiary/aromatic N) is 2. The van der Waals surface area contributed by atoms with E-state index in [-0.39, 0.29) is 36.5 Å². The first-order valence-electron chi connectivity index (χ1n) is 15.6. The average Bonchev–Trinajstić information content (AvgIpc) is 3.03. The van der Waals surface area contributed by atoms with E-state index in [0.29, 0.717) is 18.7 Å². The number of benzene rings is 2. The molecule has 2 heterocycles. The van der Waals surface area contributed by atoms with Crippen molar-refractivity contribution < 1.29 is 24.2 Å². The summed E-state index contributed by atoms with van der Waals surface area (Å²) in [6.07, 6.45) is 4.61. The van der Waals surface area contributed by atoms with Gasteiger partial charge >= 0.3 is 0 Å². The molecule has 9 nitrogen and oxygen atoms in total. The second-order valence-corrected chi connectivity index (χ2v) is 11.6. The SMILES string of the molecule is CC(=O)NCCCCCC(=O)Nc1cccc([C@H]2O[C@@H](CN(C)CCc3ccccn3)[C@@H](C)[C@@H](c3ccc(CO)cc3)O2)c1. The van der Waals surface area contributed by atoms with Gasteiger partial charge in [-0.2, -0.15) is 0 Å². The van der Waals surface area contributed by atoms with Gasteiger partial charge in [0.05, 0.1) is 18.8 Å². The predicted molar refractivity (Wildman–Crippen MR) is 171 cm³/mol. The molecule has 1 aromatic heterocycles. The zero-order valence-corrected chi connectivity index (χ0v) is 26.1. The molecule has 3 N–H and O–H groups in total. The lowest BCUT2D eigenvalue weighted by atomic mass is 9.90. The van der Waals surface area contributed by atoms with Crippen LogP contribution in [0.1, 0.15) is 74.3 Å². The number of aliphatic hydroxyl groups is 1. The molecule has 236 valence electrons. The highest BCUT2D eigenvalue weighted by Crippen LogP contribution is 2.42. The summed E-state index contributed by atoms with van der Waals surface area (Å²) >= 11 is 0. The maximum atomic E-state index is 12.6. The van der Waals surface area contributed by atoms with Gasteiger partial charge in [0.25, 0.3) is 0 Å². The molecule has 4 rings (SSSR count). The molecular weight excluding hydrogens is 556 g/mol. The van der Waals surface area contributed by atoms with E-state index < -0.39 is 6.29 Å². The Hall–Kier alpha value is -3.63. The van der Waals surface area contributed by atoms with E-state index in [0.717, 1.165) is 61.2 Å². The summed E-state index contributed by atoms with van der Waals surface area (Å²) < 4.78 is 13.2. The second-order valence-electron chi connectivity index (χ2n) is 11.6. The van der Waals surface area contributed by atoms with Crippen LogP contribution in [0.3, 0.4) is 0 Å². The van der Waals surface area contributed by atoms with Crippen molar-refractivity contribution in [1.29, 1.82) is 0 Å². The number of rotatable bonds is 15. The fourth-order valence-electron chi connectivity index (χ4n) is 5.42. The highest BCUT2D eigenvalue weighted by molar-refractivity contribution is 5.90. The second kappa shape index (κ2) is 17.0. The summed E-state index contributed by atoms with van der Waals surface area (Å²) in [7, 11) is 2.10. The van der Waals surface area contributed by atoms with Gasteiger partial charge in [0, 0.05) is 68.5 Å². The highest BCUT2D eigenvalue weighted by atomic mass is 16.7. The Kier molecular flexibility index (Phi) is 12.9. The van der Waals surface area contributed by atoms with Crippen LogP contribution < -0.4 is 10.6 Å². The Balaban J connectivity index is 1.42. The fourth-order valence-corrected chi connectivity index (χ4v) is 5.42. The minimum atomic E-state index is -0.617. The first-order chi connectivity index (χ1) is 21.3. The lowest BCUT2D eigenvalue weighted by molar-refractivity contribution is -0.275. The van der Waals surface area contributed by atoms with Crippen molar-refractivity contribution in [3.8, 4) is 0 Å². The minimum Gasteiger partial charge on any atom is -0.392 e. The lowest BCUT2D eigenvalue weighted by Crippen LogP contribution is -2.44. The number of aliphatic hydroxyl groups excluding tert-OH is 1. The van der Waals surface area contributed by atoms with E-state index in [1.807, 2.05) is 72.9 Å². The van der Waals surface area contributed by atoms with Crippen LogP contribution in [-0.2, 0) is 32.1 Å². The zero-order valence-electron chi connectivity index (χ0n) is 26.1. The Morgan fingerprint density at radius 3 is 2.52 bits per heavy atom. The number of likely N-dealkylation sites (N-methyl/N-ethyl adjacent to an activating group) is 1. The molecule has 1 aliphatic heterocycles. The number of carbonyl (C=O) groups excluding carboxylic acids is 2. The third kappa shape index (κ3) is 10.2. The van der Waals surface area contributed by atoms with Crippen molar-refractivity contribution in [2.45, 2.75) is 71.1 Å². The molecule has 0 spiro atoms. The van der Waals surface area contributed by atoms with Crippen LogP contribution in [0.25, 0.3) is 0 Å². The molecule has 2 aromatic carbocycles. The van der Waals surface area contributed by atoms with E-state index >= 15 is 0 Å². The third-order valence-electron chi connectivity index (χ3n) is 7.99. The maximum absolute atomic E-state index is 12.6. The lowest BCUT2D eigenvalue weighted by Gasteiger charge is -2.42. The van der Waals surface area contributed by atoms with Crippen molar-refractivity contribution in [1.82, 2.24) is 15.2 Å². The van der Waals surface area contributed by atoms with Gasteiger partial charge in [-0.25, -0.2) is 0 Å². The van der Waals surface area contributed by atoms with Crippen molar-refractivity contribution in [2.75, 3.05) is 32.0 Å². The van der Waals surface area contributed by atoms with Crippen LogP contribution in [0.5, 0.6) is 0 Å². The van der Waals surface area contributed by atoms with Gasteiger partial charge in [-0.05, 0) is 55.3 Å². The predicted octanol–water partition coefficient (Wildman–Crippen LogP) is 5.17. The van der Waals surface area contributed by atoms with E-state index in [2.05, 4.69) is 34.5 Å². The third-order valence-corrected chi connectivity index (χ3v) is 7.99. The standard InChI is InChI=1S/C35H46N4O5/c1-25-32(23-39(3)21-18-30-11-6-8-20-37-30)43-35(44-34(25)28-16-14-27(24-40)15-17-28)29-10-9-12-31(22-29)38-33(42)13-5-4-7-19-36-26(2)41/h6,8-12,14-17,20,22,25,32,34-35,40H,4-5,7,13,18-19,21,23-24H2,1-3H3,(H,36,41)(H,38,42)/t25-,32+,34+,35+/m1/s1. The van der Waals surface area contributed by atoms with E-state index in [1.165, 1.54) is 6.92 Å². The normalized spacial score (nSPS) is 19.9.